The molecular weight excluding hydrogens is 356 g/mol. The van der Waals surface area contributed by atoms with Crippen LogP contribution in [0.3, 0.4) is 0 Å². The Labute approximate surface area is 167 Å². The van der Waals surface area contributed by atoms with E-state index in [2.05, 4.69) is 6.08 Å². The van der Waals surface area contributed by atoms with Crippen LogP contribution in [0.2, 0.25) is 0 Å². The molecule has 0 unspecified atom stereocenters. The fraction of sp³-hybridized carbons (Fsp3) is 0.522. The number of benzene rings is 1. The van der Waals surface area contributed by atoms with Crippen LogP contribution in [0.25, 0.3) is 0 Å². The van der Waals surface area contributed by atoms with Crippen molar-refractivity contribution in [1.82, 2.24) is 0 Å². The highest BCUT2D eigenvalue weighted by Gasteiger charge is 2.35. The number of carbonyl (C=O) groups excluding carboxylic acids is 1. The first kappa shape index (κ1) is 22.3. The topological polar surface area (TPSA) is 87.0 Å². The number of carbonyl (C=O) groups is 1. The molecule has 5 atom stereocenters. The molecule has 1 aliphatic rings. The predicted molar refractivity (Wildman–Crippen MR) is 108 cm³/mol. The molecule has 0 radical (unpaired) electrons. The summed E-state index contributed by atoms with van der Waals surface area (Å²) in [5, 5.41) is 29.7. The molecule has 28 heavy (non-hydrogen) atoms. The van der Waals surface area contributed by atoms with Gasteiger partial charge in [0.05, 0.1) is 18.3 Å². The second kappa shape index (κ2) is 11.8. The minimum atomic E-state index is -0.812. The zero-order valence-electron chi connectivity index (χ0n) is 16.5. The first-order valence-corrected chi connectivity index (χ1v) is 10.1. The Morgan fingerprint density at radius 2 is 2.00 bits per heavy atom. The van der Waals surface area contributed by atoms with Gasteiger partial charge in [0.25, 0.3) is 0 Å². The number of esters is 1. The lowest BCUT2D eigenvalue weighted by Gasteiger charge is -2.19. The second-order valence-electron chi connectivity index (χ2n) is 7.60. The lowest BCUT2D eigenvalue weighted by Crippen LogP contribution is -2.21. The van der Waals surface area contributed by atoms with Crippen molar-refractivity contribution in [3.8, 4) is 0 Å². The molecular formula is C23H32O5. The van der Waals surface area contributed by atoms with Gasteiger partial charge in [-0.15, -0.1) is 0 Å². The monoisotopic (exact) mass is 388 g/mol. The predicted octanol–water partition coefficient (Wildman–Crippen LogP) is 3.14. The summed E-state index contributed by atoms with van der Waals surface area (Å²) >= 11 is 0. The van der Waals surface area contributed by atoms with Crippen LogP contribution in [0.15, 0.2) is 54.6 Å². The van der Waals surface area contributed by atoms with Crippen molar-refractivity contribution < 1.29 is 24.9 Å². The normalized spacial score (nSPS) is 24.6. The van der Waals surface area contributed by atoms with Gasteiger partial charge >= 0.3 is 5.97 Å². The summed E-state index contributed by atoms with van der Waals surface area (Å²) in [4.78, 5) is 11.9. The van der Waals surface area contributed by atoms with Crippen LogP contribution in [0, 0.1) is 11.8 Å². The maximum absolute atomic E-state index is 11.9. The molecule has 1 aromatic carbocycles. The van der Waals surface area contributed by atoms with Gasteiger partial charge in [0.1, 0.15) is 6.61 Å². The van der Waals surface area contributed by atoms with Gasteiger partial charge in [-0.1, -0.05) is 42.5 Å². The van der Waals surface area contributed by atoms with Crippen molar-refractivity contribution in [3.05, 3.63) is 60.2 Å². The molecule has 1 aromatic rings. The number of hydrogen-bond acceptors (Lipinski definition) is 5. The standard InChI is InChI=1S/C23H32O5/c1-17(24)8-4-2-7-11-19-14-20(25)15-21(19)22(26)12-13-23(27)28-16-18-9-5-3-6-10-18/h3,5-7,9-13,17,19-22,24-26H,2,4,8,14-16H2,1H3/b11-7-,13-12+/t17-,19-,20+,21-,22-/m1/s1. The lowest BCUT2D eigenvalue weighted by atomic mass is 9.89. The van der Waals surface area contributed by atoms with Crippen molar-refractivity contribution in [3.63, 3.8) is 0 Å². The van der Waals surface area contributed by atoms with Crippen molar-refractivity contribution >= 4 is 5.97 Å². The number of aliphatic hydroxyl groups is 3. The van der Waals surface area contributed by atoms with Crippen LogP contribution in [0.4, 0.5) is 0 Å². The zero-order chi connectivity index (χ0) is 20.4. The van der Waals surface area contributed by atoms with E-state index in [-0.39, 0.29) is 24.5 Å². The highest BCUT2D eigenvalue weighted by atomic mass is 16.5. The number of unbranched alkanes of at least 4 members (excludes halogenated alkanes) is 1. The van der Waals surface area contributed by atoms with Crippen LogP contribution < -0.4 is 0 Å². The van der Waals surface area contributed by atoms with E-state index in [9.17, 15) is 20.1 Å². The van der Waals surface area contributed by atoms with Crippen molar-refractivity contribution in [2.75, 3.05) is 0 Å². The molecule has 0 aliphatic heterocycles. The van der Waals surface area contributed by atoms with Crippen LogP contribution >= 0.6 is 0 Å². The second-order valence-corrected chi connectivity index (χ2v) is 7.60. The Hall–Kier alpha value is -1.95. The third-order valence-electron chi connectivity index (χ3n) is 5.11. The van der Waals surface area contributed by atoms with Gasteiger partial charge in [-0.05, 0) is 62.5 Å². The molecule has 5 heteroatoms. The number of allylic oxidation sites excluding steroid dienone is 2. The molecule has 0 bridgehead atoms. The summed E-state index contributed by atoms with van der Waals surface area (Å²) in [5.41, 5.74) is 0.907. The van der Waals surface area contributed by atoms with Crippen LogP contribution in [-0.4, -0.2) is 39.6 Å². The highest BCUT2D eigenvalue weighted by Crippen LogP contribution is 2.36. The SMILES string of the molecule is C[C@@H](O)CCC/C=C\[C@@H]1C[C@H](O)C[C@H]1[C@H](O)/C=C/C(=O)OCc1ccccc1. The molecule has 0 heterocycles. The summed E-state index contributed by atoms with van der Waals surface area (Å²) in [6, 6.07) is 9.42. The summed E-state index contributed by atoms with van der Waals surface area (Å²) < 4.78 is 5.18. The van der Waals surface area contributed by atoms with Gasteiger partial charge in [0, 0.05) is 6.08 Å². The van der Waals surface area contributed by atoms with E-state index in [1.807, 2.05) is 36.4 Å². The smallest absolute Gasteiger partial charge is 0.330 e. The average molecular weight is 389 g/mol. The maximum atomic E-state index is 11.9. The van der Waals surface area contributed by atoms with Gasteiger partial charge < -0.3 is 20.1 Å². The van der Waals surface area contributed by atoms with Crippen molar-refractivity contribution in [1.29, 1.82) is 0 Å². The molecule has 0 aromatic heterocycles. The van der Waals surface area contributed by atoms with E-state index in [0.29, 0.717) is 12.8 Å². The quantitative estimate of drug-likeness (QED) is 0.248. The number of aliphatic hydroxyl groups excluding tert-OH is 3. The van der Waals surface area contributed by atoms with Crippen molar-refractivity contribution in [2.45, 2.75) is 63.9 Å². The van der Waals surface area contributed by atoms with E-state index in [1.54, 1.807) is 6.92 Å². The van der Waals surface area contributed by atoms with Crippen LogP contribution in [0.1, 0.15) is 44.6 Å². The molecule has 2 rings (SSSR count). The van der Waals surface area contributed by atoms with Crippen molar-refractivity contribution in [2.24, 2.45) is 11.8 Å². The van der Waals surface area contributed by atoms with E-state index >= 15 is 0 Å². The van der Waals surface area contributed by atoms with E-state index in [4.69, 9.17) is 4.74 Å². The lowest BCUT2D eigenvalue weighted by molar-refractivity contribution is -0.139. The molecule has 0 spiro atoms. The van der Waals surface area contributed by atoms with E-state index in [1.165, 1.54) is 12.2 Å². The minimum absolute atomic E-state index is 0.0709. The Bertz CT molecular complexity index is 638. The first-order chi connectivity index (χ1) is 13.5. The largest absolute Gasteiger partial charge is 0.458 e. The van der Waals surface area contributed by atoms with Gasteiger partial charge in [0.15, 0.2) is 0 Å². The summed E-state index contributed by atoms with van der Waals surface area (Å²) in [6.45, 7) is 1.97. The third kappa shape index (κ3) is 7.97. The number of rotatable bonds is 10. The zero-order valence-corrected chi connectivity index (χ0v) is 16.5. The highest BCUT2D eigenvalue weighted by molar-refractivity contribution is 5.82. The minimum Gasteiger partial charge on any atom is -0.458 e. The molecule has 154 valence electrons. The molecule has 0 amide bonds. The Balaban J connectivity index is 1.81. The van der Waals surface area contributed by atoms with Crippen LogP contribution in [-0.2, 0) is 16.1 Å². The molecule has 5 nitrogen and oxygen atoms in total. The molecule has 1 saturated carbocycles. The van der Waals surface area contributed by atoms with Gasteiger partial charge in [-0.25, -0.2) is 4.79 Å². The fourth-order valence-electron chi connectivity index (χ4n) is 3.59. The first-order valence-electron chi connectivity index (χ1n) is 10.1. The molecule has 1 fully saturated rings. The van der Waals surface area contributed by atoms with E-state index in [0.717, 1.165) is 24.8 Å². The maximum Gasteiger partial charge on any atom is 0.330 e. The van der Waals surface area contributed by atoms with Gasteiger partial charge in [-0.2, -0.15) is 0 Å². The van der Waals surface area contributed by atoms with Gasteiger partial charge in [0.2, 0.25) is 0 Å². The summed E-state index contributed by atoms with van der Waals surface area (Å²) in [6.07, 6.45) is 8.95. The van der Waals surface area contributed by atoms with E-state index < -0.39 is 18.2 Å². The van der Waals surface area contributed by atoms with Gasteiger partial charge in [-0.3, -0.25) is 0 Å². The Kier molecular flexibility index (Phi) is 9.41. The fourth-order valence-corrected chi connectivity index (χ4v) is 3.59. The molecule has 1 aliphatic carbocycles. The molecule has 0 saturated heterocycles. The Morgan fingerprint density at radius 3 is 2.71 bits per heavy atom. The Morgan fingerprint density at radius 1 is 1.25 bits per heavy atom. The third-order valence-corrected chi connectivity index (χ3v) is 5.11. The summed E-state index contributed by atoms with van der Waals surface area (Å²) in [5.74, 6) is -0.547. The number of hydrogen-bond donors (Lipinski definition) is 3. The average Bonchev–Trinajstić information content (AvgIpc) is 3.05. The van der Waals surface area contributed by atoms with Crippen LogP contribution in [0.5, 0.6) is 0 Å². The number of ether oxygens (including phenoxy) is 1. The summed E-state index contributed by atoms with van der Waals surface area (Å²) in [7, 11) is 0. The molecule has 3 N–H and O–H groups in total.